The van der Waals surface area contributed by atoms with Crippen LogP contribution in [0.4, 0.5) is 5.69 Å². The van der Waals surface area contributed by atoms with E-state index in [1.807, 2.05) is 12.1 Å². The predicted molar refractivity (Wildman–Crippen MR) is 114 cm³/mol. The van der Waals surface area contributed by atoms with E-state index in [0.717, 1.165) is 38.2 Å². The van der Waals surface area contributed by atoms with E-state index in [4.69, 9.17) is 0 Å². The summed E-state index contributed by atoms with van der Waals surface area (Å²) in [5.41, 5.74) is 3.63. The number of anilines is 1. The molecule has 2 aromatic carbocycles. The summed E-state index contributed by atoms with van der Waals surface area (Å²) in [4.78, 5) is 17.3. The summed E-state index contributed by atoms with van der Waals surface area (Å²) >= 11 is 0. The van der Waals surface area contributed by atoms with Crippen LogP contribution in [0.25, 0.3) is 0 Å². The molecule has 0 spiro atoms. The van der Waals surface area contributed by atoms with Gasteiger partial charge in [-0.15, -0.1) is 0 Å². The number of benzene rings is 2. The average Bonchev–Trinajstić information content (AvgIpc) is 3.22. The lowest BCUT2D eigenvalue weighted by molar-refractivity contribution is -0.117. The first-order valence-corrected chi connectivity index (χ1v) is 10.6. The van der Waals surface area contributed by atoms with Crippen molar-refractivity contribution in [2.75, 3.05) is 38.0 Å². The highest BCUT2D eigenvalue weighted by atomic mass is 16.2. The van der Waals surface area contributed by atoms with Gasteiger partial charge in [-0.2, -0.15) is 0 Å². The van der Waals surface area contributed by atoms with Crippen LogP contribution in [0.1, 0.15) is 42.7 Å². The molecule has 0 unspecified atom stereocenters. The number of hydrogen-bond donors (Lipinski definition) is 1. The van der Waals surface area contributed by atoms with E-state index in [1.54, 1.807) is 0 Å². The highest BCUT2D eigenvalue weighted by Crippen LogP contribution is 2.27. The highest BCUT2D eigenvalue weighted by Gasteiger charge is 2.22. The topological polar surface area (TPSA) is 35.6 Å². The van der Waals surface area contributed by atoms with Crippen molar-refractivity contribution >= 4 is 11.6 Å². The summed E-state index contributed by atoms with van der Waals surface area (Å²) in [6, 6.07) is 19.1. The van der Waals surface area contributed by atoms with Crippen LogP contribution in [-0.2, 0) is 11.3 Å². The minimum absolute atomic E-state index is 0.0940. The van der Waals surface area contributed by atoms with E-state index < -0.39 is 0 Å². The standard InChI is InChI=1S/C24H31N3O/c28-24(19-27-15-11-22(12-16-27)21-8-2-1-3-9-21)25-23-10-6-7-20(17-23)18-26-13-4-5-14-26/h1-3,6-10,17,22H,4-5,11-16,18-19H2,(H,25,28). The van der Waals surface area contributed by atoms with E-state index in [9.17, 15) is 4.79 Å². The van der Waals surface area contributed by atoms with Crippen LogP contribution in [0, 0.1) is 0 Å². The third-order valence-corrected chi connectivity index (χ3v) is 6.04. The Bertz CT molecular complexity index is 762. The number of likely N-dealkylation sites (tertiary alicyclic amines) is 2. The van der Waals surface area contributed by atoms with Gasteiger partial charge in [0.05, 0.1) is 6.54 Å². The molecule has 0 atom stereocenters. The number of rotatable bonds is 6. The molecule has 2 fully saturated rings. The van der Waals surface area contributed by atoms with Crippen molar-refractivity contribution in [3.63, 3.8) is 0 Å². The van der Waals surface area contributed by atoms with Crippen LogP contribution < -0.4 is 5.32 Å². The molecule has 2 aliphatic rings. The van der Waals surface area contributed by atoms with Crippen molar-refractivity contribution in [3.05, 3.63) is 65.7 Å². The molecule has 148 valence electrons. The van der Waals surface area contributed by atoms with Crippen LogP contribution in [0.5, 0.6) is 0 Å². The second-order valence-corrected chi connectivity index (χ2v) is 8.19. The maximum atomic E-state index is 12.5. The summed E-state index contributed by atoms with van der Waals surface area (Å²) in [6.07, 6.45) is 4.86. The van der Waals surface area contributed by atoms with Crippen LogP contribution in [0.2, 0.25) is 0 Å². The maximum Gasteiger partial charge on any atom is 0.238 e. The van der Waals surface area contributed by atoms with Crippen molar-refractivity contribution in [1.82, 2.24) is 9.80 Å². The quantitative estimate of drug-likeness (QED) is 0.823. The Labute approximate surface area is 168 Å². The highest BCUT2D eigenvalue weighted by molar-refractivity contribution is 5.92. The molecule has 4 heteroatoms. The Kier molecular flexibility index (Phi) is 6.40. The molecular formula is C24H31N3O. The first-order valence-electron chi connectivity index (χ1n) is 10.6. The monoisotopic (exact) mass is 377 g/mol. The minimum Gasteiger partial charge on any atom is -0.325 e. The molecule has 1 N–H and O–H groups in total. The first-order chi connectivity index (χ1) is 13.8. The normalized spacial score (nSPS) is 19.0. The predicted octanol–water partition coefficient (Wildman–Crippen LogP) is 4.10. The lowest BCUT2D eigenvalue weighted by Gasteiger charge is -2.31. The second kappa shape index (κ2) is 9.35. The van der Waals surface area contributed by atoms with Gasteiger partial charge in [-0.05, 0) is 81.0 Å². The van der Waals surface area contributed by atoms with E-state index in [2.05, 4.69) is 57.6 Å². The first kappa shape index (κ1) is 19.2. The fourth-order valence-electron chi connectivity index (χ4n) is 4.50. The molecule has 2 aromatic rings. The number of amides is 1. The molecule has 2 saturated heterocycles. The Balaban J connectivity index is 1.24. The third-order valence-electron chi connectivity index (χ3n) is 6.04. The summed E-state index contributed by atoms with van der Waals surface area (Å²) < 4.78 is 0. The zero-order valence-electron chi connectivity index (χ0n) is 16.6. The maximum absolute atomic E-state index is 12.5. The Morgan fingerprint density at radius 1 is 0.893 bits per heavy atom. The number of hydrogen-bond acceptors (Lipinski definition) is 3. The SMILES string of the molecule is O=C(CN1CCC(c2ccccc2)CC1)Nc1cccc(CN2CCCC2)c1. The van der Waals surface area contributed by atoms with E-state index in [-0.39, 0.29) is 5.91 Å². The van der Waals surface area contributed by atoms with Crippen LogP contribution in [-0.4, -0.2) is 48.4 Å². The van der Waals surface area contributed by atoms with Gasteiger partial charge < -0.3 is 5.32 Å². The summed E-state index contributed by atoms with van der Waals surface area (Å²) in [6.45, 7) is 5.82. The van der Waals surface area contributed by atoms with Crippen LogP contribution in [0.15, 0.2) is 54.6 Å². The van der Waals surface area contributed by atoms with Crippen molar-refractivity contribution in [1.29, 1.82) is 0 Å². The van der Waals surface area contributed by atoms with Gasteiger partial charge in [0, 0.05) is 12.2 Å². The van der Waals surface area contributed by atoms with Crippen molar-refractivity contribution < 1.29 is 4.79 Å². The van der Waals surface area contributed by atoms with Gasteiger partial charge in [0.15, 0.2) is 0 Å². The van der Waals surface area contributed by atoms with Crippen molar-refractivity contribution in [3.8, 4) is 0 Å². The van der Waals surface area contributed by atoms with Crippen molar-refractivity contribution in [2.45, 2.75) is 38.1 Å². The number of carbonyl (C=O) groups excluding carboxylic acids is 1. The summed E-state index contributed by atoms with van der Waals surface area (Å²) in [7, 11) is 0. The number of nitrogens with one attached hydrogen (secondary N) is 1. The van der Waals surface area contributed by atoms with Gasteiger partial charge >= 0.3 is 0 Å². The second-order valence-electron chi connectivity index (χ2n) is 8.19. The zero-order valence-corrected chi connectivity index (χ0v) is 16.6. The van der Waals surface area contributed by atoms with Gasteiger partial charge in [0.25, 0.3) is 0 Å². The van der Waals surface area contributed by atoms with Gasteiger partial charge in [-0.25, -0.2) is 0 Å². The van der Waals surface area contributed by atoms with Gasteiger partial charge in [0.1, 0.15) is 0 Å². The Morgan fingerprint density at radius 3 is 2.39 bits per heavy atom. The van der Waals surface area contributed by atoms with E-state index >= 15 is 0 Å². The third kappa shape index (κ3) is 5.21. The molecule has 0 saturated carbocycles. The molecule has 2 heterocycles. The summed E-state index contributed by atoms with van der Waals surface area (Å²) in [5, 5.41) is 3.10. The molecular weight excluding hydrogens is 346 g/mol. The molecule has 1 amide bonds. The molecule has 0 bridgehead atoms. The van der Waals surface area contributed by atoms with Crippen molar-refractivity contribution in [2.24, 2.45) is 0 Å². The number of piperidine rings is 1. The van der Waals surface area contributed by atoms with E-state index in [0.29, 0.717) is 12.5 Å². The molecule has 2 aliphatic heterocycles. The van der Waals surface area contributed by atoms with Gasteiger partial charge in [0.2, 0.25) is 5.91 Å². The van der Waals surface area contributed by atoms with Gasteiger partial charge in [-0.3, -0.25) is 14.6 Å². The largest absolute Gasteiger partial charge is 0.325 e. The molecule has 0 aliphatic carbocycles. The Hall–Kier alpha value is -2.17. The van der Waals surface area contributed by atoms with Crippen LogP contribution in [0.3, 0.4) is 0 Å². The average molecular weight is 378 g/mol. The molecule has 4 nitrogen and oxygen atoms in total. The molecule has 28 heavy (non-hydrogen) atoms. The summed E-state index contributed by atoms with van der Waals surface area (Å²) in [5.74, 6) is 0.722. The van der Waals surface area contributed by atoms with Crippen LogP contribution >= 0.6 is 0 Å². The molecule has 0 aromatic heterocycles. The lowest BCUT2D eigenvalue weighted by Crippen LogP contribution is -2.38. The molecule has 4 rings (SSSR count). The Morgan fingerprint density at radius 2 is 1.64 bits per heavy atom. The minimum atomic E-state index is 0.0940. The smallest absolute Gasteiger partial charge is 0.238 e. The fourth-order valence-corrected chi connectivity index (χ4v) is 4.50. The zero-order chi connectivity index (χ0) is 19.2. The lowest BCUT2D eigenvalue weighted by atomic mass is 9.89. The number of carbonyl (C=O) groups is 1. The molecule has 0 radical (unpaired) electrons. The number of nitrogens with zero attached hydrogens (tertiary/aromatic N) is 2. The fraction of sp³-hybridized carbons (Fsp3) is 0.458. The van der Waals surface area contributed by atoms with E-state index in [1.165, 1.54) is 37.1 Å². The van der Waals surface area contributed by atoms with Gasteiger partial charge in [-0.1, -0.05) is 42.5 Å².